The number of rotatable bonds is 6. The fourth-order valence-corrected chi connectivity index (χ4v) is 4.03. The largest absolute Gasteiger partial charge is 0.505 e. The molecule has 16 heteroatoms. The maximum absolute atomic E-state index is 11.5. The summed E-state index contributed by atoms with van der Waals surface area (Å²) in [6, 6.07) is 9.54. The van der Waals surface area contributed by atoms with Crippen molar-refractivity contribution in [1.29, 1.82) is 0 Å². The molecule has 3 aromatic carbocycles. The summed E-state index contributed by atoms with van der Waals surface area (Å²) >= 11 is 0. The first kappa shape index (κ1) is 32.3. The second kappa shape index (κ2) is 12.7. The molecule has 0 aliphatic rings. The summed E-state index contributed by atoms with van der Waals surface area (Å²) < 4.78 is 63.6. The van der Waals surface area contributed by atoms with Crippen molar-refractivity contribution >= 4 is 102 Å². The van der Waals surface area contributed by atoms with E-state index < -0.39 is 31.7 Å². The molecule has 0 aliphatic heterocycles. The molecular formula is C20H18N4Na2O8S2. The maximum atomic E-state index is 11.5. The van der Waals surface area contributed by atoms with Gasteiger partial charge in [0.25, 0.3) is 20.2 Å². The molecule has 0 spiro atoms. The molecule has 0 saturated heterocycles. The minimum atomic E-state index is -4.48. The van der Waals surface area contributed by atoms with Gasteiger partial charge in [0.2, 0.25) is 0 Å². The van der Waals surface area contributed by atoms with Crippen LogP contribution in [0.3, 0.4) is 0 Å². The molecule has 3 rings (SSSR count). The smallest absolute Gasteiger partial charge is 0.294 e. The molecule has 180 valence electrons. The van der Waals surface area contributed by atoms with Crippen LogP contribution in [0.1, 0.15) is 11.1 Å². The second-order valence-corrected chi connectivity index (χ2v) is 9.89. The summed E-state index contributed by atoms with van der Waals surface area (Å²) in [4.78, 5) is -0.665. The molecule has 36 heavy (non-hydrogen) atoms. The third-order valence-electron chi connectivity index (χ3n) is 4.52. The van der Waals surface area contributed by atoms with E-state index in [1.165, 1.54) is 25.1 Å². The molecule has 2 radical (unpaired) electrons. The van der Waals surface area contributed by atoms with Crippen LogP contribution in [0.5, 0.6) is 11.5 Å². The summed E-state index contributed by atoms with van der Waals surface area (Å²) in [5.74, 6) is -0.882. The molecule has 0 saturated carbocycles. The Labute approximate surface area is 251 Å². The first-order chi connectivity index (χ1) is 15.8. The molecule has 12 nitrogen and oxygen atoms in total. The van der Waals surface area contributed by atoms with E-state index in [1.54, 1.807) is 6.92 Å². The Morgan fingerprint density at radius 3 is 1.61 bits per heavy atom. The van der Waals surface area contributed by atoms with Crippen molar-refractivity contribution in [3.05, 3.63) is 59.7 Å². The number of benzene rings is 3. The summed E-state index contributed by atoms with van der Waals surface area (Å²) in [6.45, 7) is 3.16. The Morgan fingerprint density at radius 2 is 1.11 bits per heavy atom. The van der Waals surface area contributed by atoms with E-state index in [0.717, 1.165) is 30.3 Å². The quantitative estimate of drug-likeness (QED) is 0.197. The van der Waals surface area contributed by atoms with Gasteiger partial charge in [-0.15, -0.1) is 10.2 Å². The van der Waals surface area contributed by atoms with Crippen LogP contribution in [-0.4, -0.2) is 95.3 Å². The molecule has 3 aromatic rings. The van der Waals surface area contributed by atoms with Gasteiger partial charge in [-0.2, -0.15) is 27.1 Å². The molecule has 0 aromatic heterocycles. The van der Waals surface area contributed by atoms with Crippen LogP contribution < -0.4 is 0 Å². The van der Waals surface area contributed by atoms with Crippen molar-refractivity contribution < 1.29 is 36.2 Å². The number of aromatic hydroxyl groups is 2. The SMILES string of the molecule is Cc1cc(C)c(S(=O)(=O)O)cc1N=Nc1cc(N=Nc2ccc(S(=O)(=O)O)cc2)c(O)cc1O.[Na].[Na]. The van der Waals surface area contributed by atoms with Gasteiger partial charge in [-0.05, 0) is 55.3 Å². The fraction of sp³-hybridized carbons (Fsp3) is 0.100. The molecular weight excluding hydrogens is 534 g/mol. The van der Waals surface area contributed by atoms with Crippen molar-refractivity contribution in [3.63, 3.8) is 0 Å². The average molecular weight is 552 g/mol. The summed E-state index contributed by atoms with van der Waals surface area (Å²) in [6.07, 6.45) is 0. The van der Waals surface area contributed by atoms with Crippen molar-refractivity contribution in [3.8, 4) is 11.5 Å². The van der Waals surface area contributed by atoms with Crippen molar-refractivity contribution in [2.75, 3.05) is 0 Å². The monoisotopic (exact) mass is 552 g/mol. The van der Waals surface area contributed by atoms with Gasteiger partial charge in [0, 0.05) is 71.2 Å². The van der Waals surface area contributed by atoms with Gasteiger partial charge in [-0.1, -0.05) is 6.07 Å². The normalized spacial score (nSPS) is 11.9. The topological polar surface area (TPSA) is 199 Å². The molecule has 0 fully saturated rings. The number of nitrogens with zero attached hydrogens (tertiary/aromatic N) is 4. The predicted octanol–water partition coefficient (Wildman–Crippen LogP) is 4.28. The predicted molar refractivity (Wildman–Crippen MR) is 132 cm³/mol. The Hall–Kier alpha value is -1.72. The number of azo groups is 2. The van der Waals surface area contributed by atoms with Gasteiger partial charge < -0.3 is 10.2 Å². The Kier molecular flexibility index (Phi) is 11.4. The molecule has 4 N–H and O–H groups in total. The molecule has 0 amide bonds. The van der Waals surface area contributed by atoms with Gasteiger partial charge in [0.15, 0.2) is 0 Å². The zero-order chi connectivity index (χ0) is 25.3. The standard InChI is InChI=1S/C20H18N4O8S2.2Na/c1-11-7-12(2)20(34(30,31)32)9-15(11)22-24-17-8-16(18(25)10-19(17)26)23-21-13-3-5-14(6-4-13)33(27,28)29;;/h3-10,25-26H,1-2H3,(H,27,28,29)(H,30,31,32);;. The molecule has 0 aliphatic carbocycles. The van der Waals surface area contributed by atoms with Crippen LogP contribution in [0.2, 0.25) is 0 Å². The third-order valence-corrected chi connectivity index (χ3v) is 6.38. The second-order valence-electron chi connectivity index (χ2n) is 7.08. The van der Waals surface area contributed by atoms with Crippen molar-refractivity contribution in [2.45, 2.75) is 23.6 Å². The summed E-state index contributed by atoms with van der Waals surface area (Å²) in [7, 11) is -8.84. The number of hydrogen-bond donors (Lipinski definition) is 4. The average Bonchev–Trinajstić information content (AvgIpc) is 2.72. The third kappa shape index (κ3) is 8.14. The van der Waals surface area contributed by atoms with Crippen LogP contribution >= 0.6 is 0 Å². The minimum absolute atomic E-state index is 0. The molecule has 0 unspecified atom stereocenters. The number of phenols is 2. The zero-order valence-electron chi connectivity index (χ0n) is 19.6. The summed E-state index contributed by atoms with van der Waals surface area (Å²) in [5, 5.41) is 35.6. The van der Waals surface area contributed by atoms with Crippen LogP contribution in [0.4, 0.5) is 22.7 Å². The van der Waals surface area contributed by atoms with Crippen LogP contribution in [0.15, 0.2) is 78.8 Å². The van der Waals surface area contributed by atoms with Crippen LogP contribution in [0, 0.1) is 13.8 Å². The van der Waals surface area contributed by atoms with Gasteiger partial charge in [-0.3, -0.25) is 9.11 Å². The van der Waals surface area contributed by atoms with E-state index in [1.807, 2.05) is 0 Å². The zero-order valence-corrected chi connectivity index (χ0v) is 25.3. The van der Waals surface area contributed by atoms with Crippen molar-refractivity contribution in [2.24, 2.45) is 20.5 Å². The van der Waals surface area contributed by atoms with Gasteiger partial charge in [0.05, 0.1) is 21.2 Å². The first-order valence-corrected chi connectivity index (χ1v) is 12.2. The fourth-order valence-electron chi connectivity index (χ4n) is 2.83. The maximum Gasteiger partial charge on any atom is 0.294 e. The summed E-state index contributed by atoms with van der Waals surface area (Å²) in [5.41, 5.74) is 0.967. The number of aryl methyl sites for hydroxylation is 2. The van der Waals surface area contributed by atoms with Gasteiger partial charge in [0.1, 0.15) is 22.9 Å². The Bertz CT molecular complexity index is 1540. The Balaban J connectivity index is 0.00000324. The van der Waals surface area contributed by atoms with E-state index in [2.05, 4.69) is 20.5 Å². The van der Waals surface area contributed by atoms with Crippen LogP contribution in [-0.2, 0) is 20.2 Å². The number of hydrogen-bond acceptors (Lipinski definition) is 10. The van der Waals surface area contributed by atoms with E-state index in [4.69, 9.17) is 4.55 Å². The van der Waals surface area contributed by atoms with Crippen LogP contribution in [0.25, 0.3) is 0 Å². The van der Waals surface area contributed by atoms with Gasteiger partial charge >= 0.3 is 0 Å². The van der Waals surface area contributed by atoms with E-state index >= 15 is 0 Å². The van der Waals surface area contributed by atoms with E-state index in [0.29, 0.717) is 11.1 Å². The minimum Gasteiger partial charge on any atom is -0.505 e. The Morgan fingerprint density at radius 1 is 0.611 bits per heavy atom. The van der Waals surface area contributed by atoms with E-state index in [-0.39, 0.29) is 91.7 Å². The molecule has 0 bridgehead atoms. The van der Waals surface area contributed by atoms with E-state index in [9.17, 15) is 31.6 Å². The molecule has 0 atom stereocenters. The van der Waals surface area contributed by atoms with Gasteiger partial charge in [-0.25, -0.2) is 0 Å². The first-order valence-electron chi connectivity index (χ1n) is 9.31. The number of phenolic OH excluding ortho intramolecular Hbond substituents is 2. The van der Waals surface area contributed by atoms with Crippen molar-refractivity contribution in [1.82, 2.24) is 0 Å². The molecule has 0 heterocycles.